The Morgan fingerprint density at radius 1 is 1.06 bits per heavy atom. The SMILES string of the molecule is Cc1ccc(CCN[C@@H](C(=O)Nc2ccc(-c3cnn(C)c3)cn2)c2ccccc2)cc1F. The average Bonchev–Trinajstić information content (AvgIpc) is 3.26. The van der Waals surface area contributed by atoms with Crippen molar-refractivity contribution >= 4 is 11.7 Å². The molecule has 2 aromatic heterocycles. The molecule has 168 valence electrons. The van der Waals surface area contributed by atoms with Crippen LogP contribution in [0.5, 0.6) is 0 Å². The van der Waals surface area contributed by atoms with E-state index in [1.807, 2.05) is 55.7 Å². The van der Waals surface area contributed by atoms with Crippen molar-refractivity contribution in [1.29, 1.82) is 0 Å². The maximum Gasteiger partial charge on any atom is 0.247 e. The van der Waals surface area contributed by atoms with Crippen molar-refractivity contribution in [1.82, 2.24) is 20.1 Å². The quantitative estimate of drug-likeness (QED) is 0.422. The Hall–Kier alpha value is -3.84. The van der Waals surface area contributed by atoms with Gasteiger partial charge in [0.15, 0.2) is 0 Å². The highest BCUT2D eigenvalue weighted by atomic mass is 19.1. The summed E-state index contributed by atoms with van der Waals surface area (Å²) in [5.74, 6) is 0.0412. The Morgan fingerprint density at radius 2 is 1.88 bits per heavy atom. The van der Waals surface area contributed by atoms with Crippen LogP contribution in [0.4, 0.5) is 10.2 Å². The fourth-order valence-electron chi connectivity index (χ4n) is 3.57. The fourth-order valence-corrected chi connectivity index (χ4v) is 3.57. The Bertz CT molecular complexity index is 1220. The van der Waals surface area contributed by atoms with Crippen molar-refractivity contribution in [3.8, 4) is 11.1 Å². The number of aryl methyl sites for hydroxylation is 2. The Morgan fingerprint density at radius 3 is 2.55 bits per heavy atom. The number of hydrogen-bond acceptors (Lipinski definition) is 4. The van der Waals surface area contributed by atoms with Crippen LogP contribution in [-0.4, -0.2) is 27.2 Å². The predicted octanol–water partition coefficient (Wildman–Crippen LogP) is 4.44. The molecule has 0 aliphatic carbocycles. The molecule has 2 aromatic carbocycles. The molecule has 2 N–H and O–H groups in total. The van der Waals surface area contributed by atoms with E-state index in [1.54, 1.807) is 42.2 Å². The molecular formula is C26H26FN5O. The third kappa shape index (κ3) is 5.70. The number of aromatic nitrogens is 3. The summed E-state index contributed by atoms with van der Waals surface area (Å²) in [6, 6.07) is 17.8. The lowest BCUT2D eigenvalue weighted by Gasteiger charge is -2.19. The van der Waals surface area contributed by atoms with Gasteiger partial charge in [0, 0.05) is 37.1 Å². The minimum atomic E-state index is -0.568. The lowest BCUT2D eigenvalue weighted by molar-refractivity contribution is -0.118. The summed E-state index contributed by atoms with van der Waals surface area (Å²) < 4.78 is 15.6. The highest BCUT2D eigenvalue weighted by Gasteiger charge is 2.20. The van der Waals surface area contributed by atoms with Gasteiger partial charge in [0.05, 0.1) is 6.20 Å². The number of nitrogens with zero attached hydrogens (tertiary/aromatic N) is 3. The van der Waals surface area contributed by atoms with Crippen LogP contribution in [0.2, 0.25) is 0 Å². The molecule has 7 heteroatoms. The monoisotopic (exact) mass is 443 g/mol. The van der Waals surface area contributed by atoms with Crippen molar-refractivity contribution in [3.05, 3.63) is 102 Å². The van der Waals surface area contributed by atoms with Crippen molar-refractivity contribution < 1.29 is 9.18 Å². The van der Waals surface area contributed by atoms with Crippen molar-refractivity contribution in [3.63, 3.8) is 0 Å². The number of rotatable bonds is 8. The Kier molecular flexibility index (Phi) is 6.90. The summed E-state index contributed by atoms with van der Waals surface area (Å²) in [4.78, 5) is 17.5. The molecule has 0 aliphatic heterocycles. The second kappa shape index (κ2) is 10.2. The van der Waals surface area contributed by atoms with Crippen LogP contribution in [0.25, 0.3) is 11.1 Å². The van der Waals surface area contributed by atoms with Gasteiger partial charge in [-0.1, -0.05) is 42.5 Å². The van der Waals surface area contributed by atoms with Gasteiger partial charge >= 0.3 is 0 Å². The number of hydrogen-bond donors (Lipinski definition) is 2. The standard InChI is InChI=1S/C26H26FN5O/c1-18-8-9-19(14-23(18)27)12-13-28-25(20-6-4-3-5-7-20)26(33)31-24-11-10-21(15-29-24)22-16-30-32(2)17-22/h3-11,14-17,25,28H,12-13H2,1-2H3,(H,29,31,33)/t25-/m1/s1. The number of nitrogens with one attached hydrogen (secondary N) is 2. The van der Waals surface area contributed by atoms with Crippen LogP contribution in [0.15, 0.2) is 79.3 Å². The van der Waals surface area contributed by atoms with Gasteiger partial charge in [-0.2, -0.15) is 5.10 Å². The minimum Gasteiger partial charge on any atom is -0.309 e. The lowest BCUT2D eigenvalue weighted by Crippen LogP contribution is -2.34. The summed E-state index contributed by atoms with van der Waals surface area (Å²) in [6.07, 6.45) is 5.99. The first-order valence-electron chi connectivity index (χ1n) is 10.8. The second-order valence-electron chi connectivity index (χ2n) is 7.96. The summed E-state index contributed by atoms with van der Waals surface area (Å²) in [6.45, 7) is 2.26. The molecule has 4 aromatic rings. The van der Waals surface area contributed by atoms with E-state index in [4.69, 9.17) is 0 Å². The van der Waals surface area contributed by atoms with Crippen LogP contribution in [0.3, 0.4) is 0 Å². The molecule has 0 unspecified atom stereocenters. The van der Waals surface area contributed by atoms with E-state index in [1.165, 1.54) is 0 Å². The summed E-state index contributed by atoms with van der Waals surface area (Å²) in [5.41, 5.74) is 4.22. The maximum absolute atomic E-state index is 13.8. The van der Waals surface area contributed by atoms with Crippen LogP contribution in [0.1, 0.15) is 22.7 Å². The van der Waals surface area contributed by atoms with Gasteiger partial charge in [-0.3, -0.25) is 9.48 Å². The molecule has 1 amide bonds. The third-order valence-electron chi connectivity index (χ3n) is 5.45. The number of benzene rings is 2. The zero-order chi connectivity index (χ0) is 23.2. The molecule has 0 bridgehead atoms. The van der Waals surface area contributed by atoms with Crippen molar-refractivity contribution in [2.24, 2.45) is 7.05 Å². The van der Waals surface area contributed by atoms with Crippen LogP contribution >= 0.6 is 0 Å². The largest absolute Gasteiger partial charge is 0.309 e. The fraction of sp³-hybridized carbons (Fsp3) is 0.192. The second-order valence-corrected chi connectivity index (χ2v) is 7.96. The highest BCUT2D eigenvalue weighted by molar-refractivity contribution is 5.94. The van der Waals surface area contributed by atoms with Gasteiger partial charge in [-0.25, -0.2) is 9.37 Å². The normalized spacial score (nSPS) is 11.8. The van der Waals surface area contributed by atoms with Crippen LogP contribution in [0, 0.1) is 12.7 Å². The number of carbonyl (C=O) groups is 1. The molecule has 0 saturated carbocycles. The molecule has 0 fully saturated rings. The zero-order valence-corrected chi connectivity index (χ0v) is 18.6. The van der Waals surface area contributed by atoms with E-state index in [9.17, 15) is 9.18 Å². The summed E-state index contributed by atoms with van der Waals surface area (Å²) in [7, 11) is 1.86. The third-order valence-corrected chi connectivity index (χ3v) is 5.45. The molecule has 0 radical (unpaired) electrons. The van der Waals surface area contributed by atoms with E-state index in [2.05, 4.69) is 20.7 Å². The maximum atomic E-state index is 13.8. The zero-order valence-electron chi connectivity index (χ0n) is 18.6. The van der Waals surface area contributed by atoms with Crippen LogP contribution < -0.4 is 10.6 Å². The average molecular weight is 444 g/mol. The Labute approximate surface area is 192 Å². The summed E-state index contributed by atoms with van der Waals surface area (Å²) >= 11 is 0. The summed E-state index contributed by atoms with van der Waals surface area (Å²) in [5, 5.41) is 10.4. The molecule has 0 spiro atoms. The van der Waals surface area contributed by atoms with E-state index in [0.717, 1.165) is 22.3 Å². The van der Waals surface area contributed by atoms with Gasteiger partial charge in [0.2, 0.25) is 5.91 Å². The van der Waals surface area contributed by atoms with Gasteiger partial charge in [-0.15, -0.1) is 0 Å². The minimum absolute atomic E-state index is 0.210. The van der Waals surface area contributed by atoms with E-state index in [0.29, 0.717) is 24.3 Å². The number of anilines is 1. The molecule has 0 aliphatic rings. The topological polar surface area (TPSA) is 71.8 Å². The molecule has 6 nitrogen and oxygen atoms in total. The van der Waals surface area contributed by atoms with Gasteiger partial charge < -0.3 is 10.6 Å². The lowest BCUT2D eigenvalue weighted by atomic mass is 10.0. The molecule has 0 saturated heterocycles. The highest BCUT2D eigenvalue weighted by Crippen LogP contribution is 2.20. The smallest absolute Gasteiger partial charge is 0.247 e. The van der Waals surface area contributed by atoms with Crippen molar-refractivity contribution in [2.45, 2.75) is 19.4 Å². The number of pyridine rings is 1. The molecule has 4 rings (SSSR count). The van der Waals surface area contributed by atoms with Crippen LogP contribution in [-0.2, 0) is 18.3 Å². The Balaban J connectivity index is 1.44. The predicted molar refractivity (Wildman–Crippen MR) is 127 cm³/mol. The first-order chi connectivity index (χ1) is 16.0. The van der Waals surface area contributed by atoms with Crippen molar-refractivity contribution in [2.75, 3.05) is 11.9 Å². The number of amides is 1. The van der Waals surface area contributed by atoms with Gasteiger partial charge in [-0.05, 0) is 48.2 Å². The van der Waals surface area contributed by atoms with E-state index < -0.39 is 6.04 Å². The van der Waals surface area contributed by atoms with E-state index in [-0.39, 0.29) is 11.7 Å². The first kappa shape index (κ1) is 22.4. The first-order valence-corrected chi connectivity index (χ1v) is 10.8. The van der Waals surface area contributed by atoms with Gasteiger partial charge in [0.1, 0.15) is 17.7 Å². The molecule has 1 atom stereocenters. The molecule has 2 heterocycles. The number of halogens is 1. The molecular weight excluding hydrogens is 417 g/mol. The molecule has 33 heavy (non-hydrogen) atoms. The van der Waals surface area contributed by atoms with Gasteiger partial charge in [0.25, 0.3) is 0 Å². The van der Waals surface area contributed by atoms with E-state index >= 15 is 0 Å². The number of carbonyl (C=O) groups excluding carboxylic acids is 1.